The van der Waals surface area contributed by atoms with Gasteiger partial charge < -0.3 is 4.57 Å². The Morgan fingerprint density at radius 2 is 2.36 bits per heavy atom. The molecule has 5 heteroatoms. The Morgan fingerprint density at radius 1 is 1.64 bits per heavy atom. The van der Waals surface area contributed by atoms with Crippen LogP contribution in [0.5, 0.6) is 0 Å². The zero-order valence-electron chi connectivity index (χ0n) is 6.44. The second-order valence-electron chi connectivity index (χ2n) is 2.07. The molecule has 0 saturated heterocycles. The maximum absolute atomic E-state index is 4.70. The molecular formula is C6H9N3S2. The smallest absolute Gasteiger partial charge is 0.191 e. The number of hydrogen-bond acceptors (Lipinski definition) is 4. The highest BCUT2D eigenvalue weighted by Gasteiger charge is 2.02. The van der Waals surface area contributed by atoms with Gasteiger partial charge in [0.2, 0.25) is 0 Å². The van der Waals surface area contributed by atoms with E-state index in [0.29, 0.717) is 0 Å². The van der Waals surface area contributed by atoms with E-state index in [4.69, 9.17) is 12.2 Å². The summed E-state index contributed by atoms with van der Waals surface area (Å²) in [6, 6.07) is 0. The third-order valence-electron chi connectivity index (χ3n) is 1.33. The highest BCUT2D eigenvalue weighted by Crippen LogP contribution is 2.13. The van der Waals surface area contributed by atoms with Crippen molar-refractivity contribution < 1.29 is 0 Å². The molecule has 0 bridgehead atoms. The number of aromatic nitrogens is 3. The van der Waals surface area contributed by atoms with Gasteiger partial charge in [-0.1, -0.05) is 24.0 Å². The number of rotatable bonds is 3. The molecule has 3 nitrogen and oxygen atoms in total. The lowest BCUT2D eigenvalue weighted by Gasteiger charge is -1.96. The van der Waals surface area contributed by atoms with Crippen molar-refractivity contribution in [3.63, 3.8) is 0 Å². The van der Waals surface area contributed by atoms with Gasteiger partial charge in [-0.2, -0.15) is 0 Å². The van der Waals surface area contributed by atoms with Crippen LogP contribution in [-0.2, 0) is 7.05 Å². The molecular weight excluding hydrogens is 178 g/mol. The molecule has 1 aromatic heterocycles. The van der Waals surface area contributed by atoms with E-state index in [1.807, 2.05) is 18.5 Å². The SMILES string of the molecule is Cc1nnc(SCC=S)n1C. The largest absolute Gasteiger partial charge is 0.309 e. The molecule has 0 radical (unpaired) electrons. The van der Waals surface area contributed by atoms with E-state index in [9.17, 15) is 0 Å². The molecule has 0 aliphatic heterocycles. The van der Waals surface area contributed by atoms with Crippen LogP contribution in [0.15, 0.2) is 5.16 Å². The lowest BCUT2D eigenvalue weighted by atomic mass is 10.7. The Kier molecular flexibility index (Phi) is 3.02. The molecule has 1 rings (SSSR count). The summed E-state index contributed by atoms with van der Waals surface area (Å²) >= 11 is 6.30. The number of thiocarbonyl (C=S) groups is 1. The first-order valence-corrected chi connectivity index (χ1v) is 4.64. The van der Waals surface area contributed by atoms with Crippen molar-refractivity contribution in [2.45, 2.75) is 12.1 Å². The Balaban J connectivity index is 2.70. The zero-order chi connectivity index (χ0) is 8.27. The van der Waals surface area contributed by atoms with Gasteiger partial charge in [0, 0.05) is 12.8 Å². The second-order valence-corrected chi connectivity index (χ2v) is 3.39. The molecule has 0 spiro atoms. The molecule has 0 unspecified atom stereocenters. The first kappa shape index (κ1) is 8.67. The van der Waals surface area contributed by atoms with Crippen molar-refractivity contribution in [3.05, 3.63) is 5.82 Å². The maximum atomic E-state index is 4.70. The lowest BCUT2D eigenvalue weighted by molar-refractivity contribution is 0.766. The Hall–Kier alpha value is -0.420. The summed E-state index contributed by atoms with van der Waals surface area (Å²) in [7, 11) is 1.95. The van der Waals surface area contributed by atoms with Crippen LogP contribution in [0.1, 0.15) is 5.82 Å². The highest BCUT2D eigenvalue weighted by molar-refractivity contribution is 8.00. The van der Waals surface area contributed by atoms with Crippen LogP contribution in [0.25, 0.3) is 0 Å². The van der Waals surface area contributed by atoms with Crippen molar-refractivity contribution in [1.82, 2.24) is 14.8 Å². The average molecular weight is 187 g/mol. The van der Waals surface area contributed by atoms with Crippen LogP contribution in [-0.4, -0.2) is 25.9 Å². The predicted octanol–water partition coefficient (Wildman–Crippen LogP) is 1.22. The fourth-order valence-corrected chi connectivity index (χ4v) is 1.47. The van der Waals surface area contributed by atoms with E-state index in [0.717, 1.165) is 16.7 Å². The summed E-state index contributed by atoms with van der Waals surface area (Å²) in [5.41, 5.74) is 0. The second kappa shape index (κ2) is 3.82. The molecule has 1 heterocycles. The standard InChI is InChI=1S/C6H9N3S2/c1-5-7-8-6(9(5)2)11-4-3-10/h3H,4H2,1-2H3. The van der Waals surface area contributed by atoms with E-state index >= 15 is 0 Å². The summed E-state index contributed by atoms with van der Waals surface area (Å²) < 4.78 is 1.95. The molecule has 0 amide bonds. The number of thioether (sulfide) groups is 1. The van der Waals surface area contributed by atoms with Gasteiger partial charge in [-0.25, -0.2) is 0 Å². The summed E-state index contributed by atoms with van der Waals surface area (Å²) in [6.07, 6.45) is 0. The van der Waals surface area contributed by atoms with Gasteiger partial charge in [0.05, 0.1) is 0 Å². The Morgan fingerprint density at radius 3 is 2.82 bits per heavy atom. The number of nitrogens with zero attached hydrogens (tertiary/aromatic N) is 3. The minimum atomic E-state index is 0.807. The molecule has 0 aliphatic carbocycles. The fourth-order valence-electron chi connectivity index (χ4n) is 0.622. The predicted molar refractivity (Wildman–Crippen MR) is 50.1 cm³/mol. The average Bonchev–Trinajstić information content (AvgIpc) is 2.31. The summed E-state index contributed by atoms with van der Waals surface area (Å²) in [5, 5.41) is 10.5. The van der Waals surface area contributed by atoms with Crippen LogP contribution >= 0.6 is 24.0 Å². The maximum Gasteiger partial charge on any atom is 0.191 e. The first-order chi connectivity index (χ1) is 5.25. The Bertz CT molecular complexity index is 256. The van der Waals surface area contributed by atoms with Crippen molar-refractivity contribution in [2.75, 3.05) is 5.75 Å². The summed E-state index contributed by atoms with van der Waals surface area (Å²) in [5.74, 6) is 1.73. The third kappa shape index (κ3) is 2.00. The van der Waals surface area contributed by atoms with Crippen LogP contribution in [0.2, 0.25) is 0 Å². The highest BCUT2D eigenvalue weighted by atomic mass is 32.2. The minimum absolute atomic E-state index is 0.807. The summed E-state index contributed by atoms with van der Waals surface area (Å²) in [6.45, 7) is 1.93. The van der Waals surface area contributed by atoms with E-state index in [1.54, 1.807) is 17.1 Å². The molecule has 0 N–H and O–H groups in total. The molecule has 0 aromatic carbocycles. The minimum Gasteiger partial charge on any atom is -0.309 e. The van der Waals surface area contributed by atoms with Crippen LogP contribution in [0.4, 0.5) is 0 Å². The van der Waals surface area contributed by atoms with Crippen molar-refractivity contribution in [1.29, 1.82) is 0 Å². The Labute approximate surface area is 75.2 Å². The lowest BCUT2D eigenvalue weighted by Crippen LogP contribution is -1.93. The number of hydrogen-bond donors (Lipinski definition) is 0. The number of aryl methyl sites for hydroxylation is 1. The van der Waals surface area contributed by atoms with Crippen molar-refractivity contribution >= 4 is 29.3 Å². The molecule has 0 fully saturated rings. The van der Waals surface area contributed by atoms with Gasteiger partial charge in [-0.3, -0.25) is 0 Å². The van der Waals surface area contributed by atoms with Gasteiger partial charge in [0.25, 0.3) is 0 Å². The molecule has 11 heavy (non-hydrogen) atoms. The normalized spacial score (nSPS) is 10.0. The van der Waals surface area contributed by atoms with Gasteiger partial charge >= 0.3 is 0 Å². The van der Waals surface area contributed by atoms with Gasteiger partial charge in [-0.05, 0) is 12.3 Å². The van der Waals surface area contributed by atoms with Crippen LogP contribution in [0, 0.1) is 6.92 Å². The van der Waals surface area contributed by atoms with Gasteiger partial charge in [0.1, 0.15) is 5.82 Å². The van der Waals surface area contributed by atoms with E-state index in [1.165, 1.54) is 0 Å². The van der Waals surface area contributed by atoms with Crippen molar-refractivity contribution in [3.8, 4) is 0 Å². The van der Waals surface area contributed by atoms with Gasteiger partial charge in [-0.15, -0.1) is 10.2 Å². The quantitative estimate of drug-likeness (QED) is 0.526. The van der Waals surface area contributed by atoms with Crippen molar-refractivity contribution in [2.24, 2.45) is 7.05 Å². The zero-order valence-corrected chi connectivity index (χ0v) is 8.08. The molecule has 0 saturated carbocycles. The van der Waals surface area contributed by atoms with Crippen LogP contribution in [0.3, 0.4) is 0 Å². The fraction of sp³-hybridized carbons (Fsp3) is 0.500. The topological polar surface area (TPSA) is 30.7 Å². The monoisotopic (exact) mass is 187 g/mol. The third-order valence-corrected chi connectivity index (χ3v) is 2.66. The molecule has 1 aromatic rings. The van der Waals surface area contributed by atoms with E-state index in [-0.39, 0.29) is 0 Å². The molecule has 60 valence electrons. The van der Waals surface area contributed by atoms with Gasteiger partial charge in [0.15, 0.2) is 5.16 Å². The summed E-state index contributed by atoms with van der Waals surface area (Å²) in [4.78, 5) is 0. The van der Waals surface area contributed by atoms with E-state index in [2.05, 4.69) is 10.2 Å². The van der Waals surface area contributed by atoms with E-state index < -0.39 is 0 Å². The first-order valence-electron chi connectivity index (χ1n) is 3.18. The van der Waals surface area contributed by atoms with Crippen LogP contribution < -0.4 is 0 Å². The molecule has 0 atom stereocenters. The molecule has 0 aliphatic rings.